The summed E-state index contributed by atoms with van der Waals surface area (Å²) in [7, 11) is 3.10. The van der Waals surface area contributed by atoms with Gasteiger partial charge in [0.1, 0.15) is 5.75 Å². The van der Waals surface area contributed by atoms with Crippen LogP contribution in [0, 0.1) is 0 Å². The number of hydrogen-bond acceptors (Lipinski definition) is 3. The van der Waals surface area contributed by atoms with Crippen LogP contribution >= 0.6 is 0 Å². The summed E-state index contributed by atoms with van der Waals surface area (Å²) >= 11 is 0. The molecule has 1 aromatic carbocycles. The molecule has 72 valence electrons. The maximum absolute atomic E-state index is 9.18. The number of methoxy groups -OCH3 is 2. The second-order valence-electron chi connectivity index (χ2n) is 2.74. The lowest BCUT2D eigenvalue weighted by atomic mass is 10.1. The molecule has 0 fully saturated rings. The first-order valence-corrected chi connectivity index (χ1v) is 4.10. The predicted octanol–water partition coefficient (Wildman–Crippen LogP) is 1.20. The van der Waals surface area contributed by atoms with Gasteiger partial charge in [-0.3, -0.25) is 0 Å². The Bertz CT molecular complexity index is 243. The average Bonchev–Trinajstić information content (AvgIpc) is 2.19. The monoisotopic (exact) mass is 182 g/mol. The molecule has 1 rings (SSSR count). The molecule has 1 N–H and O–H groups in total. The highest BCUT2D eigenvalue weighted by Gasteiger charge is 2.02. The molecular weight excluding hydrogens is 168 g/mol. The molecule has 0 spiro atoms. The van der Waals surface area contributed by atoms with Gasteiger partial charge in [0.2, 0.25) is 0 Å². The van der Waals surface area contributed by atoms with Gasteiger partial charge in [0.05, 0.1) is 7.11 Å². The minimum atomic E-state index is -0.728. The molecule has 3 heteroatoms. The van der Waals surface area contributed by atoms with Crippen molar-refractivity contribution in [3.05, 3.63) is 29.8 Å². The highest BCUT2D eigenvalue weighted by Crippen LogP contribution is 2.12. The van der Waals surface area contributed by atoms with Crippen molar-refractivity contribution >= 4 is 0 Å². The summed E-state index contributed by atoms with van der Waals surface area (Å²) in [5.74, 6) is 0.815. The lowest BCUT2D eigenvalue weighted by Crippen LogP contribution is -2.12. The Kier molecular flexibility index (Phi) is 3.73. The maximum atomic E-state index is 9.18. The van der Waals surface area contributed by atoms with E-state index >= 15 is 0 Å². The van der Waals surface area contributed by atoms with Crippen molar-refractivity contribution < 1.29 is 14.6 Å². The first-order chi connectivity index (χ1) is 6.26. The van der Waals surface area contributed by atoms with Gasteiger partial charge in [-0.25, -0.2) is 0 Å². The normalized spacial score (nSPS) is 12.5. The summed E-state index contributed by atoms with van der Waals surface area (Å²) in [5, 5.41) is 9.18. The summed E-state index contributed by atoms with van der Waals surface area (Å²) in [5.41, 5.74) is 1.02. The van der Waals surface area contributed by atoms with Crippen LogP contribution < -0.4 is 4.74 Å². The molecule has 0 amide bonds. The fourth-order valence-electron chi connectivity index (χ4n) is 1.05. The van der Waals surface area contributed by atoms with E-state index in [1.54, 1.807) is 7.11 Å². The first-order valence-electron chi connectivity index (χ1n) is 4.10. The smallest absolute Gasteiger partial charge is 0.158 e. The lowest BCUT2D eigenvalue weighted by molar-refractivity contribution is -0.0720. The molecule has 0 bridgehead atoms. The van der Waals surface area contributed by atoms with Gasteiger partial charge in [-0.2, -0.15) is 0 Å². The van der Waals surface area contributed by atoms with Crippen LogP contribution in [0.2, 0.25) is 0 Å². The molecule has 0 aliphatic rings. The third kappa shape index (κ3) is 3.05. The van der Waals surface area contributed by atoms with E-state index in [1.165, 1.54) is 7.11 Å². The summed E-state index contributed by atoms with van der Waals surface area (Å²) < 4.78 is 9.74. The zero-order valence-electron chi connectivity index (χ0n) is 7.86. The van der Waals surface area contributed by atoms with Gasteiger partial charge in [-0.1, -0.05) is 12.1 Å². The van der Waals surface area contributed by atoms with Crippen LogP contribution in [0.5, 0.6) is 5.75 Å². The number of ether oxygens (including phenoxy) is 2. The van der Waals surface area contributed by atoms with Gasteiger partial charge in [0.25, 0.3) is 0 Å². The van der Waals surface area contributed by atoms with E-state index in [0.717, 1.165) is 11.3 Å². The van der Waals surface area contributed by atoms with E-state index < -0.39 is 6.29 Å². The van der Waals surface area contributed by atoms with E-state index in [9.17, 15) is 5.11 Å². The lowest BCUT2D eigenvalue weighted by Gasteiger charge is -2.08. The van der Waals surface area contributed by atoms with Crippen LogP contribution in [0.25, 0.3) is 0 Å². The molecule has 1 unspecified atom stereocenters. The summed E-state index contributed by atoms with van der Waals surface area (Å²) in [6, 6.07) is 7.53. The third-order valence-electron chi connectivity index (χ3n) is 1.84. The minimum absolute atomic E-state index is 0.500. The standard InChI is InChI=1S/C10H14O3/c1-12-9-5-3-8(4-6-9)7-10(11)13-2/h3-6,10-11H,7H2,1-2H3. The Morgan fingerprint density at radius 2 is 1.85 bits per heavy atom. The van der Waals surface area contributed by atoms with Crippen LogP contribution in [-0.2, 0) is 11.2 Å². The van der Waals surface area contributed by atoms with Gasteiger partial charge in [-0.15, -0.1) is 0 Å². The molecule has 0 heterocycles. The minimum Gasteiger partial charge on any atom is -0.497 e. The molecule has 0 aromatic heterocycles. The second-order valence-corrected chi connectivity index (χ2v) is 2.74. The predicted molar refractivity (Wildman–Crippen MR) is 49.7 cm³/mol. The highest BCUT2D eigenvalue weighted by molar-refractivity contribution is 5.27. The number of benzene rings is 1. The Morgan fingerprint density at radius 3 is 2.31 bits per heavy atom. The molecule has 0 saturated carbocycles. The van der Waals surface area contributed by atoms with Gasteiger partial charge >= 0.3 is 0 Å². The van der Waals surface area contributed by atoms with Gasteiger partial charge < -0.3 is 14.6 Å². The summed E-state index contributed by atoms with van der Waals surface area (Å²) in [6.45, 7) is 0. The van der Waals surface area contributed by atoms with Crippen LogP contribution in [0.3, 0.4) is 0 Å². The zero-order chi connectivity index (χ0) is 9.68. The molecule has 3 nitrogen and oxygen atoms in total. The quantitative estimate of drug-likeness (QED) is 0.711. The van der Waals surface area contributed by atoms with E-state index in [1.807, 2.05) is 24.3 Å². The SMILES string of the molecule is COc1ccc(CC(O)OC)cc1. The first kappa shape index (κ1) is 10.0. The van der Waals surface area contributed by atoms with Crippen molar-refractivity contribution in [1.82, 2.24) is 0 Å². The van der Waals surface area contributed by atoms with E-state index in [2.05, 4.69) is 0 Å². The summed E-state index contributed by atoms with van der Waals surface area (Å²) in [6.07, 6.45) is -0.228. The zero-order valence-corrected chi connectivity index (χ0v) is 7.86. The van der Waals surface area contributed by atoms with Crippen LogP contribution in [0.1, 0.15) is 5.56 Å². The Labute approximate surface area is 77.9 Å². The van der Waals surface area contributed by atoms with Crippen LogP contribution in [0.4, 0.5) is 0 Å². The van der Waals surface area contributed by atoms with Crippen molar-refractivity contribution in [2.24, 2.45) is 0 Å². The fourth-order valence-corrected chi connectivity index (χ4v) is 1.05. The van der Waals surface area contributed by atoms with Crippen molar-refractivity contribution in [2.45, 2.75) is 12.7 Å². The number of aliphatic hydroxyl groups is 1. The van der Waals surface area contributed by atoms with Crippen molar-refractivity contribution in [3.8, 4) is 5.75 Å². The Morgan fingerprint density at radius 1 is 1.23 bits per heavy atom. The van der Waals surface area contributed by atoms with E-state index in [4.69, 9.17) is 9.47 Å². The van der Waals surface area contributed by atoms with Crippen LogP contribution in [0.15, 0.2) is 24.3 Å². The van der Waals surface area contributed by atoms with Gasteiger partial charge in [0.15, 0.2) is 6.29 Å². The third-order valence-corrected chi connectivity index (χ3v) is 1.84. The molecule has 0 radical (unpaired) electrons. The topological polar surface area (TPSA) is 38.7 Å². The van der Waals surface area contributed by atoms with Crippen molar-refractivity contribution in [3.63, 3.8) is 0 Å². The molecule has 0 aliphatic heterocycles. The molecule has 0 aliphatic carbocycles. The average molecular weight is 182 g/mol. The van der Waals surface area contributed by atoms with Crippen molar-refractivity contribution in [2.75, 3.05) is 14.2 Å². The van der Waals surface area contributed by atoms with Gasteiger partial charge in [-0.05, 0) is 17.7 Å². The number of hydrogen-bond donors (Lipinski definition) is 1. The largest absolute Gasteiger partial charge is 0.497 e. The number of rotatable bonds is 4. The molecular formula is C10H14O3. The second kappa shape index (κ2) is 4.84. The maximum Gasteiger partial charge on any atom is 0.158 e. The van der Waals surface area contributed by atoms with E-state index in [0.29, 0.717) is 6.42 Å². The summed E-state index contributed by atoms with van der Waals surface area (Å²) in [4.78, 5) is 0. The molecule has 13 heavy (non-hydrogen) atoms. The highest BCUT2D eigenvalue weighted by atomic mass is 16.6. The fraction of sp³-hybridized carbons (Fsp3) is 0.400. The molecule has 1 atom stereocenters. The Balaban J connectivity index is 2.58. The molecule has 1 aromatic rings. The number of aliphatic hydroxyl groups excluding tert-OH is 1. The van der Waals surface area contributed by atoms with E-state index in [-0.39, 0.29) is 0 Å². The molecule has 0 saturated heterocycles. The van der Waals surface area contributed by atoms with Crippen LogP contribution in [-0.4, -0.2) is 25.6 Å². The van der Waals surface area contributed by atoms with Gasteiger partial charge in [0, 0.05) is 13.5 Å². The van der Waals surface area contributed by atoms with Crippen molar-refractivity contribution in [1.29, 1.82) is 0 Å². The Hall–Kier alpha value is -1.06.